The van der Waals surface area contributed by atoms with Gasteiger partial charge in [0.1, 0.15) is 0 Å². The minimum absolute atomic E-state index is 0.00443. The molecule has 1 aromatic heterocycles. The summed E-state index contributed by atoms with van der Waals surface area (Å²) in [6, 6.07) is 8.08. The lowest BCUT2D eigenvalue weighted by atomic mass is 10.3. The third kappa shape index (κ3) is 4.97. The second-order valence-electron chi connectivity index (χ2n) is 3.98. The molecule has 1 heterocycles. The fourth-order valence-electron chi connectivity index (χ4n) is 1.52. The lowest BCUT2D eigenvalue weighted by Gasteiger charge is -2.09. The molecule has 0 amide bonds. The number of benzene rings is 1. The highest BCUT2D eigenvalue weighted by Gasteiger charge is 2.07. The SMILES string of the molecule is CCOc1nc(NCCO)nc(Nc2ccc(I)cc2)n1. The van der Waals surface area contributed by atoms with Gasteiger partial charge in [0.25, 0.3) is 0 Å². The second kappa shape index (κ2) is 7.93. The quantitative estimate of drug-likeness (QED) is 0.612. The molecule has 8 heteroatoms. The van der Waals surface area contributed by atoms with Crippen molar-refractivity contribution < 1.29 is 9.84 Å². The van der Waals surface area contributed by atoms with Gasteiger partial charge in [-0.2, -0.15) is 15.0 Å². The molecule has 1 aromatic carbocycles. The van der Waals surface area contributed by atoms with E-state index in [1.54, 1.807) is 0 Å². The summed E-state index contributed by atoms with van der Waals surface area (Å²) in [7, 11) is 0. The predicted molar refractivity (Wildman–Crippen MR) is 89.0 cm³/mol. The van der Waals surface area contributed by atoms with Gasteiger partial charge in [0.15, 0.2) is 0 Å². The van der Waals surface area contributed by atoms with Gasteiger partial charge in [0.2, 0.25) is 11.9 Å². The number of hydrogen-bond acceptors (Lipinski definition) is 7. The van der Waals surface area contributed by atoms with Crippen molar-refractivity contribution in [3.63, 3.8) is 0 Å². The lowest BCUT2D eigenvalue weighted by Crippen LogP contribution is -2.12. The first-order valence-corrected chi connectivity index (χ1v) is 7.55. The second-order valence-corrected chi connectivity index (χ2v) is 5.23. The van der Waals surface area contributed by atoms with Crippen LogP contribution in [0.2, 0.25) is 0 Å². The average Bonchev–Trinajstić information content (AvgIpc) is 2.48. The van der Waals surface area contributed by atoms with Gasteiger partial charge >= 0.3 is 6.01 Å². The highest BCUT2D eigenvalue weighted by Crippen LogP contribution is 2.17. The van der Waals surface area contributed by atoms with E-state index in [0.717, 1.165) is 9.26 Å². The van der Waals surface area contributed by atoms with E-state index in [1.807, 2.05) is 31.2 Å². The first-order valence-electron chi connectivity index (χ1n) is 6.47. The van der Waals surface area contributed by atoms with Crippen molar-refractivity contribution in [2.75, 3.05) is 30.4 Å². The van der Waals surface area contributed by atoms with Crippen molar-refractivity contribution in [3.05, 3.63) is 27.8 Å². The largest absolute Gasteiger partial charge is 0.464 e. The topological polar surface area (TPSA) is 92.2 Å². The minimum atomic E-state index is -0.00443. The Morgan fingerprint density at radius 3 is 2.52 bits per heavy atom. The standard InChI is InChI=1S/C13H16IN5O2/c1-2-21-13-18-11(15-7-8-20)17-12(19-13)16-10-5-3-9(14)4-6-10/h3-6,20H,2,7-8H2,1H3,(H2,15,16,17,18,19). The van der Waals surface area contributed by atoms with Crippen molar-refractivity contribution in [1.82, 2.24) is 15.0 Å². The molecule has 0 saturated carbocycles. The van der Waals surface area contributed by atoms with Crippen molar-refractivity contribution in [1.29, 1.82) is 0 Å². The monoisotopic (exact) mass is 401 g/mol. The van der Waals surface area contributed by atoms with Crippen LogP contribution in [0, 0.1) is 3.57 Å². The Kier molecular flexibility index (Phi) is 5.93. The first kappa shape index (κ1) is 15.7. The number of anilines is 3. The normalized spacial score (nSPS) is 10.2. The Morgan fingerprint density at radius 2 is 1.86 bits per heavy atom. The maximum absolute atomic E-state index is 8.85. The number of ether oxygens (including phenoxy) is 1. The van der Waals surface area contributed by atoms with Crippen molar-refractivity contribution in [2.45, 2.75) is 6.92 Å². The first-order chi connectivity index (χ1) is 10.2. The number of aliphatic hydroxyl groups excluding tert-OH is 1. The molecule has 0 spiro atoms. The van der Waals surface area contributed by atoms with E-state index in [0.29, 0.717) is 25.0 Å². The number of hydrogen-bond donors (Lipinski definition) is 3. The van der Waals surface area contributed by atoms with Crippen LogP contribution >= 0.6 is 22.6 Å². The van der Waals surface area contributed by atoms with Gasteiger partial charge in [-0.25, -0.2) is 0 Å². The van der Waals surface area contributed by atoms with Crippen LogP contribution in [-0.4, -0.2) is 39.8 Å². The van der Waals surface area contributed by atoms with Crippen LogP contribution in [0.5, 0.6) is 6.01 Å². The zero-order valence-electron chi connectivity index (χ0n) is 11.5. The van der Waals surface area contributed by atoms with Gasteiger partial charge in [0.05, 0.1) is 13.2 Å². The van der Waals surface area contributed by atoms with E-state index in [4.69, 9.17) is 9.84 Å². The number of halogens is 1. The summed E-state index contributed by atoms with van der Waals surface area (Å²) in [6.07, 6.45) is 0. The third-order valence-electron chi connectivity index (χ3n) is 2.38. The Morgan fingerprint density at radius 1 is 1.14 bits per heavy atom. The summed E-state index contributed by atoms with van der Waals surface area (Å²) in [5.74, 6) is 0.741. The number of rotatable bonds is 7. The Bertz CT molecular complexity index is 579. The van der Waals surface area contributed by atoms with Gasteiger partial charge < -0.3 is 20.5 Å². The Hall–Kier alpha value is -1.68. The number of nitrogens with zero attached hydrogens (tertiary/aromatic N) is 3. The molecule has 0 unspecified atom stereocenters. The number of aliphatic hydroxyl groups is 1. The van der Waals surface area contributed by atoms with E-state index in [9.17, 15) is 0 Å². The predicted octanol–water partition coefficient (Wildman–Crippen LogP) is 2.02. The molecular weight excluding hydrogens is 385 g/mol. The van der Waals surface area contributed by atoms with E-state index >= 15 is 0 Å². The van der Waals surface area contributed by atoms with Gasteiger partial charge in [-0.3, -0.25) is 0 Å². The lowest BCUT2D eigenvalue weighted by molar-refractivity contribution is 0.307. The Balaban J connectivity index is 2.19. The summed E-state index contributed by atoms with van der Waals surface area (Å²) in [5, 5.41) is 14.8. The van der Waals surface area contributed by atoms with Crippen LogP contribution in [-0.2, 0) is 0 Å². The molecule has 21 heavy (non-hydrogen) atoms. The van der Waals surface area contributed by atoms with Gasteiger partial charge in [-0.1, -0.05) is 0 Å². The molecule has 0 atom stereocenters. The summed E-state index contributed by atoms with van der Waals surface area (Å²) < 4.78 is 6.47. The summed E-state index contributed by atoms with van der Waals surface area (Å²) in [4.78, 5) is 12.5. The van der Waals surface area contributed by atoms with Crippen molar-refractivity contribution >= 4 is 40.2 Å². The van der Waals surface area contributed by atoms with E-state index < -0.39 is 0 Å². The van der Waals surface area contributed by atoms with Crippen LogP contribution in [0.15, 0.2) is 24.3 Å². The third-order valence-corrected chi connectivity index (χ3v) is 3.10. The van der Waals surface area contributed by atoms with Crippen molar-refractivity contribution in [3.8, 4) is 6.01 Å². The maximum Gasteiger partial charge on any atom is 0.323 e. The van der Waals surface area contributed by atoms with E-state index in [2.05, 4.69) is 48.2 Å². The Labute approximate surface area is 136 Å². The molecular formula is C13H16IN5O2. The fourth-order valence-corrected chi connectivity index (χ4v) is 1.87. The van der Waals surface area contributed by atoms with Gasteiger partial charge in [0, 0.05) is 15.8 Å². The molecule has 0 fully saturated rings. The molecule has 0 radical (unpaired) electrons. The van der Waals surface area contributed by atoms with Crippen LogP contribution in [0.3, 0.4) is 0 Å². The molecule has 0 saturated heterocycles. The molecule has 7 nitrogen and oxygen atoms in total. The highest BCUT2D eigenvalue weighted by molar-refractivity contribution is 14.1. The summed E-state index contributed by atoms with van der Waals surface area (Å²) in [5.41, 5.74) is 0.872. The molecule has 0 aliphatic carbocycles. The molecule has 2 aromatic rings. The van der Waals surface area contributed by atoms with Gasteiger partial charge in [-0.05, 0) is 53.8 Å². The smallest absolute Gasteiger partial charge is 0.323 e. The number of aromatic nitrogens is 3. The molecule has 0 aliphatic rings. The van der Waals surface area contributed by atoms with Crippen LogP contribution in [0.1, 0.15) is 6.92 Å². The zero-order chi connectivity index (χ0) is 15.1. The average molecular weight is 401 g/mol. The molecule has 2 rings (SSSR count). The summed E-state index contributed by atoms with van der Waals surface area (Å²) in [6.45, 7) is 2.68. The van der Waals surface area contributed by atoms with E-state index in [1.165, 1.54) is 0 Å². The summed E-state index contributed by atoms with van der Waals surface area (Å²) >= 11 is 2.24. The molecule has 112 valence electrons. The zero-order valence-corrected chi connectivity index (χ0v) is 13.7. The van der Waals surface area contributed by atoms with Crippen LogP contribution in [0.25, 0.3) is 0 Å². The van der Waals surface area contributed by atoms with Crippen LogP contribution in [0.4, 0.5) is 17.6 Å². The minimum Gasteiger partial charge on any atom is -0.464 e. The van der Waals surface area contributed by atoms with E-state index in [-0.39, 0.29) is 12.6 Å². The van der Waals surface area contributed by atoms with Crippen molar-refractivity contribution in [2.24, 2.45) is 0 Å². The van der Waals surface area contributed by atoms with Crippen LogP contribution < -0.4 is 15.4 Å². The molecule has 0 bridgehead atoms. The highest BCUT2D eigenvalue weighted by atomic mass is 127. The molecule has 0 aliphatic heterocycles. The maximum atomic E-state index is 8.85. The molecule has 3 N–H and O–H groups in total. The van der Waals surface area contributed by atoms with Gasteiger partial charge in [-0.15, -0.1) is 0 Å². The fraction of sp³-hybridized carbons (Fsp3) is 0.308. The number of nitrogens with one attached hydrogen (secondary N) is 2.